The number of Topliss-reactive ketones (excluding diaryl/α,β-unsaturated/α-hetero) is 1. The van der Waals surface area contributed by atoms with Gasteiger partial charge >= 0.3 is 12.2 Å². The van der Waals surface area contributed by atoms with Crippen LogP contribution in [0, 0.1) is 5.41 Å². The van der Waals surface area contributed by atoms with Gasteiger partial charge < -0.3 is 25.2 Å². The number of amides is 2. The molecule has 0 aliphatic carbocycles. The molecule has 0 aliphatic rings. The van der Waals surface area contributed by atoms with E-state index < -0.39 is 28.8 Å². The molecule has 8 heteroatoms. The lowest BCUT2D eigenvalue weighted by Crippen LogP contribution is -2.46. The summed E-state index contributed by atoms with van der Waals surface area (Å²) in [7, 11) is 0. The van der Waals surface area contributed by atoms with Crippen molar-refractivity contribution >= 4 is 18.0 Å². The predicted octanol–water partition coefficient (Wildman–Crippen LogP) is 2.38. The van der Waals surface area contributed by atoms with E-state index in [9.17, 15) is 14.4 Å². The lowest BCUT2D eigenvalue weighted by Gasteiger charge is -2.31. The fourth-order valence-corrected chi connectivity index (χ4v) is 2.08. The van der Waals surface area contributed by atoms with E-state index in [0.717, 1.165) is 0 Å². The standard InChI is InChI=1S/C18H34N2O6/c1-16(2,3)25-14(23)19-11-18(7,10-13(22)8-9-21)12-20-15(24)26-17(4,5)6/h21H,8-12H2,1-7H3,(H,19,23)(H,20,24). The number of alkyl carbamates (subject to hydrolysis) is 2. The van der Waals surface area contributed by atoms with Crippen LogP contribution in [0.2, 0.25) is 0 Å². The molecule has 0 rings (SSSR count). The number of aliphatic hydroxyl groups excluding tert-OH is 1. The monoisotopic (exact) mass is 374 g/mol. The van der Waals surface area contributed by atoms with Crippen molar-refractivity contribution in [1.29, 1.82) is 0 Å². The van der Waals surface area contributed by atoms with E-state index in [4.69, 9.17) is 14.6 Å². The van der Waals surface area contributed by atoms with Crippen molar-refractivity contribution < 1.29 is 29.0 Å². The second kappa shape index (κ2) is 9.75. The van der Waals surface area contributed by atoms with E-state index in [0.29, 0.717) is 0 Å². The highest BCUT2D eigenvalue weighted by molar-refractivity contribution is 5.79. The summed E-state index contributed by atoms with van der Waals surface area (Å²) in [5.74, 6) is -0.160. The number of carbonyl (C=O) groups is 3. The van der Waals surface area contributed by atoms with Gasteiger partial charge in [-0.05, 0) is 41.5 Å². The van der Waals surface area contributed by atoms with E-state index in [-0.39, 0.29) is 38.3 Å². The second-order valence-electron chi connectivity index (χ2n) is 8.71. The van der Waals surface area contributed by atoms with E-state index in [1.807, 2.05) is 0 Å². The molecule has 0 aromatic rings. The third-order valence-corrected chi connectivity index (χ3v) is 3.13. The fraction of sp³-hybridized carbons (Fsp3) is 0.833. The Balaban J connectivity index is 4.87. The Labute approximate surface area is 156 Å². The van der Waals surface area contributed by atoms with Crippen LogP contribution in [0.1, 0.15) is 61.3 Å². The van der Waals surface area contributed by atoms with Gasteiger partial charge in [0.25, 0.3) is 0 Å². The van der Waals surface area contributed by atoms with Gasteiger partial charge in [0.15, 0.2) is 0 Å². The van der Waals surface area contributed by atoms with Crippen LogP contribution in [-0.4, -0.2) is 54.0 Å². The van der Waals surface area contributed by atoms with Crippen molar-refractivity contribution in [3.05, 3.63) is 0 Å². The lowest BCUT2D eigenvalue weighted by molar-refractivity contribution is -0.121. The minimum atomic E-state index is -0.750. The number of aliphatic hydroxyl groups is 1. The molecular formula is C18H34N2O6. The van der Waals surface area contributed by atoms with Crippen molar-refractivity contribution in [1.82, 2.24) is 10.6 Å². The number of ether oxygens (including phenoxy) is 2. The van der Waals surface area contributed by atoms with Gasteiger partial charge in [0.2, 0.25) is 0 Å². The smallest absolute Gasteiger partial charge is 0.407 e. The molecule has 8 nitrogen and oxygen atoms in total. The highest BCUT2D eigenvalue weighted by atomic mass is 16.6. The molecule has 0 heterocycles. The summed E-state index contributed by atoms with van der Waals surface area (Å²) in [4.78, 5) is 35.7. The van der Waals surface area contributed by atoms with E-state index in [1.54, 1.807) is 48.5 Å². The summed E-state index contributed by atoms with van der Waals surface area (Å²) in [6, 6.07) is 0. The Bertz CT molecular complexity index is 459. The molecule has 152 valence electrons. The minimum Gasteiger partial charge on any atom is -0.444 e. The summed E-state index contributed by atoms with van der Waals surface area (Å²) in [6.07, 6.45) is -1.10. The largest absolute Gasteiger partial charge is 0.444 e. The Morgan fingerprint density at radius 3 is 1.50 bits per heavy atom. The Morgan fingerprint density at radius 1 is 0.808 bits per heavy atom. The van der Waals surface area contributed by atoms with Crippen LogP contribution in [0.4, 0.5) is 9.59 Å². The van der Waals surface area contributed by atoms with Crippen LogP contribution < -0.4 is 10.6 Å². The lowest BCUT2D eigenvalue weighted by atomic mass is 9.84. The van der Waals surface area contributed by atoms with Crippen LogP contribution in [-0.2, 0) is 14.3 Å². The summed E-state index contributed by atoms with van der Waals surface area (Å²) in [5, 5.41) is 14.2. The van der Waals surface area contributed by atoms with Gasteiger partial charge in [-0.15, -0.1) is 0 Å². The fourth-order valence-electron chi connectivity index (χ4n) is 2.08. The van der Waals surface area contributed by atoms with Gasteiger partial charge in [-0.1, -0.05) is 6.92 Å². The molecule has 0 aliphatic heterocycles. The number of carbonyl (C=O) groups excluding carboxylic acids is 3. The molecule has 3 N–H and O–H groups in total. The zero-order valence-electron chi connectivity index (χ0n) is 17.0. The predicted molar refractivity (Wildman–Crippen MR) is 97.9 cm³/mol. The van der Waals surface area contributed by atoms with Crippen molar-refractivity contribution in [2.45, 2.75) is 72.5 Å². The summed E-state index contributed by atoms with van der Waals surface area (Å²) < 4.78 is 10.4. The topological polar surface area (TPSA) is 114 Å². The van der Waals surface area contributed by atoms with Crippen LogP contribution in [0.25, 0.3) is 0 Å². The first-order valence-corrected chi connectivity index (χ1v) is 8.72. The number of ketones is 1. The average molecular weight is 374 g/mol. The maximum Gasteiger partial charge on any atom is 0.407 e. The number of nitrogens with one attached hydrogen (secondary N) is 2. The van der Waals surface area contributed by atoms with E-state index in [1.165, 1.54) is 0 Å². The highest BCUT2D eigenvalue weighted by Gasteiger charge is 2.30. The molecular weight excluding hydrogens is 340 g/mol. The quantitative estimate of drug-likeness (QED) is 0.601. The highest BCUT2D eigenvalue weighted by Crippen LogP contribution is 2.21. The van der Waals surface area contributed by atoms with Crippen LogP contribution >= 0.6 is 0 Å². The van der Waals surface area contributed by atoms with E-state index in [2.05, 4.69) is 10.6 Å². The van der Waals surface area contributed by atoms with Crippen LogP contribution in [0.15, 0.2) is 0 Å². The molecule has 0 saturated heterocycles. The number of hydrogen-bond acceptors (Lipinski definition) is 6. The minimum absolute atomic E-state index is 0.0223. The summed E-state index contributed by atoms with van der Waals surface area (Å²) >= 11 is 0. The van der Waals surface area contributed by atoms with Crippen molar-refractivity contribution in [3.63, 3.8) is 0 Å². The molecule has 0 aromatic heterocycles. The molecule has 0 radical (unpaired) electrons. The molecule has 0 atom stereocenters. The Morgan fingerprint density at radius 2 is 1.19 bits per heavy atom. The summed E-state index contributed by atoms with van der Waals surface area (Å²) in [5.41, 5.74) is -2.02. The molecule has 0 bridgehead atoms. The first-order valence-electron chi connectivity index (χ1n) is 8.72. The van der Waals surface area contributed by atoms with Gasteiger partial charge in [-0.25, -0.2) is 9.59 Å². The molecule has 0 unspecified atom stereocenters. The van der Waals surface area contributed by atoms with Crippen molar-refractivity contribution in [2.75, 3.05) is 19.7 Å². The van der Waals surface area contributed by atoms with Gasteiger partial charge in [0.05, 0.1) is 0 Å². The van der Waals surface area contributed by atoms with Gasteiger partial charge in [0, 0.05) is 38.0 Å². The second-order valence-corrected chi connectivity index (χ2v) is 8.71. The van der Waals surface area contributed by atoms with Crippen molar-refractivity contribution in [3.8, 4) is 0 Å². The molecule has 0 fully saturated rings. The molecule has 0 spiro atoms. The number of hydrogen-bond donors (Lipinski definition) is 3. The maximum absolute atomic E-state index is 12.0. The normalized spacial score (nSPS) is 12.3. The average Bonchev–Trinajstić information content (AvgIpc) is 2.40. The van der Waals surface area contributed by atoms with Crippen LogP contribution in [0.5, 0.6) is 0 Å². The Kier molecular flexibility index (Phi) is 9.07. The SMILES string of the molecule is CC(CNC(=O)OC(C)(C)C)(CNC(=O)OC(C)(C)C)CC(=O)CCO. The molecule has 0 saturated carbocycles. The summed E-state index contributed by atoms with van der Waals surface area (Å²) in [6.45, 7) is 12.3. The van der Waals surface area contributed by atoms with Gasteiger partial charge in [0.1, 0.15) is 17.0 Å². The molecule has 2 amide bonds. The number of rotatable bonds is 8. The van der Waals surface area contributed by atoms with Crippen molar-refractivity contribution in [2.24, 2.45) is 5.41 Å². The Hall–Kier alpha value is -1.83. The van der Waals surface area contributed by atoms with E-state index >= 15 is 0 Å². The first-order chi connectivity index (χ1) is 11.7. The zero-order valence-corrected chi connectivity index (χ0v) is 17.0. The van der Waals surface area contributed by atoms with Crippen LogP contribution in [0.3, 0.4) is 0 Å². The van der Waals surface area contributed by atoms with Gasteiger partial charge in [-0.3, -0.25) is 4.79 Å². The molecule has 26 heavy (non-hydrogen) atoms. The third kappa shape index (κ3) is 12.5. The maximum atomic E-state index is 12.0. The molecule has 0 aromatic carbocycles. The zero-order chi connectivity index (χ0) is 20.6. The first kappa shape index (κ1) is 24.2. The third-order valence-electron chi connectivity index (χ3n) is 3.13. The van der Waals surface area contributed by atoms with Gasteiger partial charge in [-0.2, -0.15) is 0 Å².